The fraction of sp³-hybridized carbons (Fsp3) is 0.350. The lowest BCUT2D eigenvalue weighted by molar-refractivity contribution is -0.130. The van der Waals surface area contributed by atoms with Crippen LogP contribution in [0.2, 0.25) is 5.02 Å². The summed E-state index contributed by atoms with van der Waals surface area (Å²) in [6.07, 6.45) is 0. The van der Waals surface area contributed by atoms with Crippen molar-refractivity contribution < 1.29 is 4.79 Å². The van der Waals surface area contributed by atoms with Crippen LogP contribution < -0.4 is 4.90 Å². The number of hydrogen-bond acceptors (Lipinski definition) is 3. The molecule has 1 fully saturated rings. The van der Waals surface area contributed by atoms with Crippen LogP contribution in [-0.2, 0) is 4.79 Å². The standard InChI is InChI=1S/C20H23ClN2OS/c1-15-7-9-17(10-8-15)25-16(2)20(24)23-13-11-22(12-14-23)19-6-4-3-5-18(19)21/h3-10,16H,11-14H2,1-2H3/t16-/m1/s1. The highest BCUT2D eigenvalue weighted by atomic mass is 35.5. The predicted octanol–water partition coefficient (Wildman–Crippen LogP) is 4.48. The van der Waals surface area contributed by atoms with Crippen LogP contribution in [0.15, 0.2) is 53.4 Å². The summed E-state index contributed by atoms with van der Waals surface area (Å²) in [4.78, 5) is 18.1. The Labute approximate surface area is 159 Å². The molecule has 2 aromatic carbocycles. The molecule has 0 radical (unpaired) electrons. The predicted molar refractivity (Wildman–Crippen MR) is 107 cm³/mol. The Balaban J connectivity index is 1.56. The average Bonchev–Trinajstić information content (AvgIpc) is 2.63. The number of piperazine rings is 1. The highest BCUT2D eigenvalue weighted by Crippen LogP contribution is 2.28. The van der Waals surface area contributed by atoms with Gasteiger partial charge in [-0.3, -0.25) is 4.79 Å². The fourth-order valence-electron chi connectivity index (χ4n) is 3.00. The van der Waals surface area contributed by atoms with E-state index in [0.29, 0.717) is 0 Å². The SMILES string of the molecule is Cc1ccc(S[C@H](C)C(=O)N2CCN(c3ccccc3Cl)CC2)cc1. The van der Waals surface area contributed by atoms with E-state index in [1.54, 1.807) is 11.8 Å². The van der Waals surface area contributed by atoms with Gasteiger partial charge in [0.05, 0.1) is 16.0 Å². The maximum Gasteiger partial charge on any atom is 0.235 e. The van der Waals surface area contributed by atoms with Crippen LogP contribution in [0.4, 0.5) is 5.69 Å². The molecule has 1 saturated heterocycles. The first-order chi connectivity index (χ1) is 12.0. The number of carbonyl (C=O) groups excluding carboxylic acids is 1. The van der Waals surface area contributed by atoms with Gasteiger partial charge in [0.1, 0.15) is 0 Å². The number of amides is 1. The van der Waals surface area contributed by atoms with Gasteiger partial charge in [0.25, 0.3) is 0 Å². The minimum atomic E-state index is -0.0745. The zero-order chi connectivity index (χ0) is 17.8. The second-order valence-electron chi connectivity index (χ2n) is 6.34. The molecule has 0 spiro atoms. The molecule has 25 heavy (non-hydrogen) atoms. The maximum absolute atomic E-state index is 12.7. The lowest BCUT2D eigenvalue weighted by Crippen LogP contribution is -2.50. The van der Waals surface area contributed by atoms with Gasteiger partial charge in [-0.15, -0.1) is 11.8 Å². The van der Waals surface area contributed by atoms with Crippen LogP contribution in [0.1, 0.15) is 12.5 Å². The van der Waals surface area contributed by atoms with Gasteiger partial charge in [-0.05, 0) is 38.1 Å². The number of thioether (sulfide) groups is 1. The van der Waals surface area contributed by atoms with Crippen molar-refractivity contribution in [3.05, 3.63) is 59.1 Å². The van der Waals surface area contributed by atoms with Crippen LogP contribution in [-0.4, -0.2) is 42.2 Å². The number of aryl methyl sites for hydroxylation is 1. The molecule has 0 aliphatic carbocycles. The molecular weight excluding hydrogens is 352 g/mol. The number of rotatable bonds is 4. The molecule has 1 aliphatic heterocycles. The summed E-state index contributed by atoms with van der Waals surface area (Å²) >= 11 is 7.91. The summed E-state index contributed by atoms with van der Waals surface area (Å²) in [7, 11) is 0. The first kappa shape index (κ1) is 18.2. The van der Waals surface area contributed by atoms with Crippen molar-refractivity contribution in [2.45, 2.75) is 24.0 Å². The lowest BCUT2D eigenvalue weighted by Gasteiger charge is -2.37. The van der Waals surface area contributed by atoms with E-state index in [2.05, 4.69) is 36.1 Å². The van der Waals surface area contributed by atoms with Gasteiger partial charge in [-0.2, -0.15) is 0 Å². The van der Waals surface area contributed by atoms with Crippen molar-refractivity contribution >= 4 is 35.0 Å². The quantitative estimate of drug-likeness (QED) is 0.737. The highest BCUT2D eigenvalue weighted by Gasteiger charge is 2.26. The zero-order valence-electron chi connectivity index (χ0n) is 14.6. The maximum atomic E-state index is 12.7. The Bertz CT molecular complexity index is 727. The van der Waals surface area contributed by atoms with Crippen LogP contribution >= 0.6 is 23.4 Å². The van der Waals surface area contributed by atoms with Gasteiger partial charge in [0, 0.05) is 31.1 Å². The van der Waals surface area contributed by atoms with Crippen molar-refractivity contribution in [3.8, 4) is 0 Å². The van der Waals surface area contributed by atoms with Crippen molar-refractivity contribution in [1.29, 1.82) is 0 Å². The summed E-state index contributed by atoms with van der Waals surface area (Å²) in [5.41, 5.74) is 2.29. The molecule has 1 amide bonds. The molecule has 0 bridgehead atoms. The van der Waals surface area contributed by atoms with Gasteiger partial charge in [0.2, 0.25) is 5.91 Å². The van der Waals surface area contributed by atoms with Crippen LogP contribution in [0.25, 0.3) is 0 Å². The number of halogens is 1. The van der Waals surface area contributed by atoms with E-state index in [1.165, 1.54) is 5.56 Å². The fourth-order valence-corrected chi connectivity index (χ4v) is 4.21. The monoisotopic (exact) mass is 374 g/mol. The molecule has 0 aromatic heterocycles. The van der Waals surface area contributed by atoms with Gasteiger partial charge < -0.3 is 9.80 Å². The van der Waals surface area contributed by atoms with Crippen molar-refractivity contribution in [2.24, 2.45) is 0 Å². The number of carbonyl (C=O) groups is 1. The first-order valence-corrected chi connectivity index (χ1v) is 9.82. The summed E-state index contributed by atoms with van der Waals surface area (Å²) in [6, 6.07) is 16.2. The van der Waals surface area contributed by atoms with E-state index in [9.17, 15) is 4.79 Å². The Kier molecular flexibility index (Phi) is 5.92. The number of hydrogen-bond donors (Lipinski definition) is 0. The van der Waals surface area contributed by atoms with Crippen LogP contribution in [0.5, 0.6) is 0 Å². The van der Waals surface area contributed by atoms with E-state index in [-0.39, 0.29) is 11.2 Å². The topological polar surface area (TPSA) is 23.6 Å². The molecule has 1 heterocycles. The molecule has 3 nitrogen and oxygen atoms in total. The molecule has 0 N–H and O–H groups in total. The van der Waals surface area contributed by atoms with E-state index in [4.69, 9.17) is 11.6 Å². The minimum absolute atomic E-state index is 0.0745. The second-order valence-corrected chi connectivity index (χ2v) is 8.16. The minimum Gasteiger partial charge on any atom is -0.367 e. The number of anilines is 1. The highest BCUT2D eigenvalue weighted by molar-refractivity contribution is 8.00. The number of para-hydroxylation sites is 1. The molecule has 3 rings (SSSR count). The van der Waals surface area contributed by atoms with Gasteiger partial charge in [-0.25, -0.2) is 0 Å². The molecule has 2 aromatic rings. The van der Waals surface area contributed by atoms with Crippen LogP contribution in [0, 0.1) is 6.92 Å². The normalized spacial score (nSPS) is 16.0. The van der Waals surface area contributed by atoms with E-state index < -0.39 is 0 Å². The summed E-state index contributed by atoms with van der Waals surface area (Å²) in [5, 5.41) is 0.695. The smallest absolute Gasteiger partial charge is 0.235 e. The molecule has 0 saturated carbocycles. The summed E-state index contributed by atoms with van der Waals surface area (Å²) in [6.45, 7) is 7.18. The average molecular weight is 375 g/mol. The Morgan fingerprint density at radius 3 is 2.32 bits per heavy atom. The molecule has 1 aliphatic rings. The molecule has 0 unspecified atom stereocenters. The molecule has 5 heteroatoms. The van der Waals surface area contributed by atoms with Gasteiger partial charge in [0.15, 0.2) is 0 Å². The molecule has 132 valence electrons. The van der Waals surface area contributed by atoms with Gasteiger partial charge >= 0.3 is 0 Å². The van der Waals surface area contributed by atoms with Crippen molar-refractivity contribution in [1.82, 2.24) is 4.90 Å². The summed E-state index contributed by atoms with van der Waals surface area (Å²) < 4.78 is 0. The molecule has 1 atom stereocenters. The zero-order valence-corrected chi connectivity index (χ0v) is 16.2. The number of nitrogens with zero attached hydrogens (tertiary/aromatic N) is 2. The number of benzene rings is 2. The third kappa shape index (κ3) is 4.50. The Hall–Kier alpha value is -1.65. The third-order valence-corrected chi connectivity index (χ3v) is 5.89. The van der Waals surface area contributed by atoms with Crippen molar-refractivity contribution in [3.63, 3.8) is 0 Å². The second kappa shape index (κ2) is 8.15. The van der Waals surface area contributed by atoms with Gasteiger partial charge in [-0.1, -0.05) is 41.4 Å². The first-order valence-electron chi connectivity index (χ1n) is 8.56. The van der Waals surface area contributed by atoms with E-state index in [0.717, 1.165) is 41.8 Å². The largest absolute Gasteiger partial charge is 0.367 e. The van der Waals surface area contributed by atoms with E-state index in [1.807, 2.05) is 36.1 Å². The Morgan fingerprint density at radius 2 is 1.68 bits per heavy atom. The Morgan fingerprint density at radius 1 is 1.04 bits per heavy atom. The third-order valence-electron chi connectivity index (χ3n) is 4.47. The van der Waals surface area contributed by atoms with Crippen molar-refractivity contribution in [2.75, 3.05) is 31.1 Å². The molecular formula is C20H23ClN2OS. The summed E-state index contributed by atoms with van der Waals surface area (Å²) in [5.74, 6) is 0.212. The van der Waals surface area contributed by atoms with Crippen LogP contribution in [0.3, 0.4) is 0 Å². The van der Waals surface area contributed by atoms with E-state index >= 15 is 0 Å². The lowest BCUT2D eigenvalue weighted by atomic mass is 10.2.